The number of hydrogen-bond acceptors (Lipinski definition) is 7. The second-order valence-electron chi connectivity index (χ2n) is 9.90. The Bertz CT molecular complexity index is 1500. The number of aromatic hydroxyl groups is 1. The lowest BCUT2D eigenvalue weighted by Crippen LogP contribution is -2.41. The van der Waals surface area contributed by atoms with E-state index in [1.807, 2.05) is 6.07 Å². The van der Waals surface area contributed by atoms with E-state index in [0.29, 0.717) is 35.0 Å². The first kappa shape index (κ1) is 22.7. The van der Waals surface area contributed by atoms with Gasteiger partial charge in [0.25, 0.3) is 5.92 Å². The zero-order valence-electron chi connectivity index (χ0n) is 19.3. The van der Waals surface area contributed by atoms with Crippen LogP contribution < -0.4 is 27.0 Å². The molecule has 0 spiro atoms. The van der Waals surface area contributed by atoms with E-state index >= 15 is 0 Å². The molecule has 0 radical (unpaired) electrons. The van der Waals surface area contributed by atoms with Crippen molar-refractivity contribution in [2.24, 2.45) is 10.9 Å². The first-order valence-electron chi connectivity index (χ1n) is 12.2. The lowest BCUT2D eigenvalue weighted by atomic mass is 9.91. The first-order chi connectivity index (χ1) is 17.2. The van der Waals surface area contributed by atoms with Crippen LogP contribution in [0.4, 0.5) is 14.6 Å². The monoisotopic (exact) mass is 500 g/mol. The van der Waals surface area contributed by atoms with Gasteiger partial charge in [0, 0.05) is 29.8 Å². The summed E-state index contributed by atoms with van der Waals surface area (Å²) < 4.78 is 27.9. The van der Waals surface area contributed by atoms with Crippen LogP contribution in [0.3, 0.4) is 0 Å². The van der Waals surface area contributed by atoms with Crippen molar-refractivity contribution >= 4 is 23.4 Å². The van der Waals surface area contributed by atoms with E-state index in [0.717, 1.165) is 25.7 Å². The Morgan fingerprint density at radius 2 is 1.92 bits per heavy atom. The average Bonchev–Trinajstić information content (AvgIpc) is 3.68. The number of halogens is 2. The van der Waals surface area contributed by atoms with Crippen LogP contribution in [0.25, 0.3) is 11.7 Å². The van der Waals surface area contributed by atoms with Gasteiger partial charge in [0.1, 0.15) is 17.4 Å². The number of rotatable bonds is 6. The van der Waals surface area contributed by atoms with Gasteiger partial charge in [-0.05, 0) is 44.6 Å². The molecule has 0 aromatic carbocycles. The Morgan fingerprint density at radius 1 is 1.19 bits per heavy atom. The molecule has 1 atom stereocenters. The summed E-state index contributed by atoms with van der Waals surface area (Å²) in [6, 6.07) is 2.10. The van der Waals surface area contributed by atoms with Gasteiger partial charge in [0.2, 0.25) is 11.8 Å². The molecule has 190 valence electrons. The quantitative estimate of drug-likeness (QED) is 0.333. The van der Waals surface area contributed by atoms with Gasteiger partial charge in [0.15, 0.2) is 11.1 Å². The van der Waals surface area contributed by atoms with Crippen LogP contribution in [-0.2, 0) is 4.79 Å². The Kier molecular flexibility index (Phi) is 5.30. The van der Waals surface area contributed by atoms with E-state index in [4.69, 9.17) is 9.98 Å². The number of aromatic nitrogens is 5. The maximum atomic E-state index is 13.2. The largest absolute Gasteiger partial charge is 0.493 e. The number of alkyl halides is 2. The molecule has 3 heterocycles. The highest BCUT2D eigenvalue weighted by molar-refractivity contribution is 5.83. The zero-order valence-corrected chi connectivity index (χ0v) is 19.3. The summed E-state index contributed by atoms with van der Waals surface area (Å²) in [6.07, 6.45) is 7.76. The van der Waals surface area contributed by atoms with Crippen LogP contribution in [-0.4, -0.2) is 59.6 Å². The minimum absolute atomic E-state index is 0.102. The molecule has 11 nitrogen and oxygen atoms in total. The van der Waals surface area contributed by atoms with Crippen molar-refractivity contribution in [2.75, 3.05) is 5.32 Å². The molecule has 1 unspecified atom stereocenters. The van der Waals surface area contributed by atoms with E-state index in [1.54, 1.807) is 16.8 Å². The lowest BCUT2D eigenvalue weighted by molar-refractivity contribution is -0.125. The van der Waals surface area contributed by atoms with Crippen molar-refractivity contribution in [1.82, 2.24) is 29.9 Å². The molecule has 1 amide bonds. The second kappa shape index (κ2) is 8.42. The third-order valence-corrected chi connectivity index (χ3v) is 6.95. The maximum absolute atomic E-state index is 13.2. The molecule has 3 aliphatic rings. The van der Waals surface area contributed by atoms with Gasteiger partial charge >= 0.3 is 5.69 Å². The summed E-state index contributed by atoms with van der Waals surface area (Å²) in [5, 5.41) is 21.2. The molecule has 36 heavy (non-hydrogen) atoms. The Morgan fingerprint density at radius 3 is 2.56 bits per heavy atom. The van der Waals surface area contributed by atoms with Crippen molar-refractivity contribution < 1.29 is 18.7 Å². The number of amides is 1. The smallest absolute Gasteiger partial charge is 0.326 e. The van der Waals surface area contributed by atoms with Crippen molar-refractivity contribution in [3.63, 3.8) is 0 Å². The molecule has 6 rings (SSSR count). The third-order valence-electron chi connectivity index (χ3n) is 6.95. The van der Waals surface area contributed by atoms with E-state index in [1.165, 1.54) is 0 Å². The first-order valence-corrected chi connectivity index (χ1v) is 12.2. The topological polar surface area (TPSA) is 153 Å². The van der Waals surface area contributed by atoms with Crippen LogP contribution in [0.1, 0.15) is 50.6 Å². The summed E-state index contributed by atoms with van der Waals surface area (Å²) in [4.78, 5) is 37.8. The molecule has 3 aliphatic carbocycles. The van der Waals surface area contributed by atoms with Crippen LogP contribution in [0, 0.1) is 5.92 Å². The number of nitrogens with one attached hydrogen (secondary N) is 4. The number of nitrogens with zero attached hydrogens (tertiary/aromatic N) is 4. The molecular weight excluding hydrogens is 474 g/mol. The van der Waals surface area contributed by atoms with E-state index < -0.39 is 23.4 Å². The third kappa shape index (κ3) is 4.56. The average molecular weight is 501 g/mol. The van der Waals surface area contributed by atoms with Gasteiger partial charge in [0.05, 0.1) is 12.2 Å². The summed E-state index contributed by atoms with van der Waals surface area (Å²) in [5.41, 5.74) is 0.877. The fourth-order valence-electron chi connectivity index (χ4n) is 4.66. The Balaban J connectivity index is 1.22. The summed E-state index contributed by atoms with van der Waals surface area (Å²) in [5.74, 6) is -4.23. The van der Waals surface area contributed by atoms with Crippen LogP contribution in [0.2, 0.25) is 0 Å². The standard InChI is InChI=1S/C23H26F2N8O3/c24-23(25)9-15(23)20(34)29-14-5-1-12(2-6-14)27-17-8-18(28-13-3-4-13)33-19(31-17)11(10-26-33)7-16-21(35)32-22(36)30-16/h7-8,10,12-15,27,35H,1-6,9H2,(H,29,34)(H2,30,32,36)/b11-7+,28-18?. The van der Waals surface area contributed by atoms with Crippen molar-refractivity contribution in [3.05, 3.63) is 39.1 Å². The Labute approximate surface area is 202 Å². The number of hydrogen-bond donors (Lipinski definition) is 5. The van der Waals surface area contributed by atoms with Crippen LogP contribution >= 0.6 is 0 Å². The van der Waals surface area contributed by atoms with Crippen molar-refractivity contribution in [3.8, 4) is 5.88 Å². The normalized spacial score (nSPS) is 26.3. The minimum Gasteiger partial charge on any atom is -0.493 e. The number of aromatic amines is 2. The lowest BCUT2D eigenvalue weighted by Gasteiger charge is -2.30. The number of anilines is 1. The molecule has 0 saturated heterocycles. The molecule has 0 aliphatic heterocycles. The summed E-state index contributed by atoms with van der Waals surface area (Å²) in [6.45, 7) is 0. The highest BCUT2D eigenvalue weighted by Gasteiger charge is 2.61. The molecule has 13 heteroatoms. The van der Waals surface area contributed by atoms with Gasteiger partial charge in [-0.2, -0.15) is 9.61 Å². The van der Waals surface area contributed by atoms with E-state index in [2.05, 4.69) is 25.7 Å². The summed E-state index contributed by atoms with van der Waals surface area (Å²) >= 11 is 0. The number of H-pyrrole nitrogens is 2. The number of carbonyl (C=O) groups excluding carboxylic acids is 1. The Hall–Kier alpha value is -3.77. The van der Waals surface area contributed by atoms with Crippen LogP contribution in [0.5, 0.6) is 5.88 Å². The van der Waals surface area contributed by atoms with Crippen molar-refractivity contribution in [2.45, 2.75) is 69.0 Å². The fraction of sp³-hybridized carbons (Fsp3) is 0.522. The zero-order chi connectivity index (χ0) is 25.0. The van der Waals surface area contributed by atoms with E-state index in [9.17, 15) is 23.5 Å². The number of carbonyl (C=O) groups is 1. The van der Waals surface area contributed by atoms with Gasteiger partial charge in [-0.15, -0.1) is 0 Å². The molecule has 0 bridgehead atoms. The highest BCUT2D eigenvalue weighted by atomic mass is 19.3. The fourth-order valence-corrected chi connectivity index (χ4v) is 4.66. The van der Waals surface area contributed by atoms with Crippen molar-refractivity contribution in [1.29, 1.82) is 0 Å². The van der Waals surface area contributed by atoms with E-state index in [-0.39, 0.29) is 36.1 Å². The maximum Gasteiger partial charge on any atom is 0.326 e. The minimum atomic E-state index is -2.85. The highest BCUT2D eigenvalue weighted by Crippen LogP contribution is 2.48. The number of fused-ring (bicyclic) bond motifs is 1. The molecular formula is C23H26F2N8O3. The molecule has 3 saturated carbocycles. The summed E-state index contributed by atoms with van der Waals surface area (Å²) in [7, 11) is 0. The molecule has 3 aromatic heterocycles. The second-order valence-corrected chi connectivity index (χ2v) is 9.90. The SMILES string of the molecule is O=C(NC1CCC(Nc2cc(=NC3CC3)n3nc/c(=C\c4[nH]c(=O)[nH]c4O)c3n2)CC1)C1CC1(F)F. The van der Waals surface area contributed by atoms with Gasteiger partial charge in [-0.1, -0.05) is 0 Å². The molecule has 3 fully saturated rings. The van der Waals surface area contributed by atoms with Gasteiger partial charge in [-0.25, -0.2) is 18.6 Å². The van der Waals surface area contributed by atoms with Gasteiger partial charge < -0.3 is 20.7 Å². The number of imidazole rings is 1. The van der Waals surface area contributed by atoms with Gasteiger partial charge in [-0.3, -0.25) is 14.8 Å². The molecule has 5 N–H and O–H groups in total. The predicted octanol–water partition coefficient (Wildman–Crippen LogP) is 0.557. The predicted molar refractivity (Wildman–Crippen MR) is 124 cm³/mol. The van der Waals surface area contributed by atoms with Crippen LogP contribution in [0.15, 0.2) is 22.1 Å². The molecule has 3 aromatic rings.